The molecule has 2 heterocycles. The first-order chi connectivity index (χ1) is 14.6. The number of hydrogen-bond acceptors (Lipinski definition) is 7. The second kappa shape index (κ2) is 11.1. The number of ether oxygens (including phenoxy) is 2. The molecule has 1 aromatic heterocycles. The molecule has 0 radical (unpaired) electrons. The van der Waals surface area contributed by atoms with Gasteiger partial charge >= 0.3 is 0 Å². The molecule has 1 aliphatic heterocycles. The van der Waals surface area contributed by atoms with Gasteiger partial charge in [-0.25, -0.2) is 0 Å². The summed E-state index contributed by atoms with van der Waals surface area (Å²) in [5.41, 5.74) is 0.510. The minimum absolute atomic E-state index is 0.131. The highest BCUT2D eigenvalue weighted by Crippen LogP contribution is 2.18. The fourth-order valence-electron chi connectivity index (χ4n) is 3.51. The van der Waals surface area contributed by atoms with Gasteiger partial charge in [0.05, 0.1) is 25.3 Å². The van der Waals surface area contributed by atoms with E-state index in [4.69, 9.17) is 19.0 Å². The van der Waals surface area contributed by atoms with Gasteiger partial charge in [-0.3, -0.25) is 9.69 Å². The summed E-state index contributed by atoms with van der Waals surface area (Å²) in [5, 5.41) is 22.6. The van der Waals surface area contributed by atoms with Crippen LogP contribution >= 0.6 is 0 Å². The quantitative estimate of drug-likeness (QED) is 0.531. The summed E-state index contributed by atoms with van der Waals surface area (Å²) < 4.78 is 16.0. The maximum Gasteiger partial charge on any atom is 0.251 e. The van der Waals surface area contributed by atoms with Crippen molar-refractivity contribution in [2.45, 2.75) is 38.1 Å². The van der Waals surface area contributed by atoms with Crippen molar-refractivity contribution in [1.29, 1.82) is 0 Å². The number of furan rings is 1. The van der Waals surface area contributed by atoms with Gasteiger partial charge < -0.3 is 29.4 Å². The van der Waals surface area contributed by atoms with E-state index in [-0.39, 0.29) is 18.6 Å². The predicted molar refractivity (Wildman–Crippen MR) is 110 cm³/mol. The third kappa shape index (κ3) is 6.30. The summed E-state index contributed by atoms with van der Waals surface area (Å²) in [6.45, 7) is 2.69. The van der Waals surface area contributed by atoms with Crippen molar-refractivity contribution in [3.8, 4) is 5.75 Å². The number of nitrogens with one attached hydrogen (secondary N) is 1. The highest BCUT2D eigenvalue weighted by Gasteiger charge is 2.27. The van der Waals surface area contributed by atoms with Gasteiger partial charge in [-0.05, 0) is 55.8 Å². The van der Waals surface area contributed by atoms with Crippen LogP contribution in [0.15, 0.2) is 40.8 Å². The van der Waals surface area contributed by atoms with E-state index in [1.54, 1.807) is 37.4 Å². The minimum Gasteiger partial charge on any atom is -0.491 e. The van der Waals surface area contributed by atoms with Crippen LogP contribution in [0.5, 0.6) is 5.75 Å². The van der Waals surface area contributed by atoms with Crippen molar-refractivity contribution in [2.75, 3.05) is 33.4 Å². The molecule has 1 aromatic carbocycles. The van der Waals surface area contributed by atoms with E-state index < -0.39 is 6.10 Å². The molecule has 3 N–H and O–H groups in total. The molecule has 0 bridgehead atoms. The fraction of sp³-hybridized carbons (Fsp3) is 0.500. The van der Waals surface area contributed by atoms with Gasteiger partial charge in [0.25, 0.3) is 5.91 Å². The molecular formula is C22H30N2O6. The zero-order valence-corrected chi connectivity index (χ0v) is 17.3. The lowest BCUT2D eigenvalue weighted by Crippen LogP contribution is -2.48. The Labute approximate surface area is 176 Å². The molecule has 164 valence electrons. The number of nitrogens with zero attached hydrogens (tertiary/aromatic N) is 1. The smallest absolute Gasteiger partial charge is 0.251 e. The van der Waals surface area contributed by atoms with Crippen molar-refractivity contribution in [3.05, 3.63) is 53.5 Å². The van der Waals surface area contributed by atoms with Gasteiger partial charge in [0.1, 0.15) is 30.5 Å². The van der Waals surface area contributed by atoms with Gasteiger partial charge in [0.15, 0.2) is 0 Å². The van der Waals surface area contributed by atoms with Gasteiger partial charge in [-0.15, -0.1) is 0 Å². The van der Waals surface area contributed by atoms with Crippen LogP contribution in [0.25, 0.3) is 0 Å². The Balaban J connectivity index is 1.58. The first-order valence-electron chi connectivity index (χ1n) is 10.2. The van der Waals surface area contributed by atoms with Crippen LogP contribution in [-0.4, -0.2) is 66.6 Å². The van der Waals surface area contributed by atoms with Gasteiger partial charge in [0.2, 0.25) is 0 Å². The average Bonchev–Trinajstić information content (AvgIpc) is 3.13. The normalized spacial score (nSPS) is 20.0. The molecule has 0 aliphatic carbocycles. The number of methoxy groups -OCH3 is 1. The molecular weight excluding hydrogens is 388 g/mol. The summed E-state index contributed by atoms with van der Waals surface area (Å²) in [4.78, 5) is 14.8. The first-order valence-corrected chi connectivity index (χ1v) is 10.2. The Kier molecular flexibility index (Phi) is 8.27. The second-order valence-electron chi connectivity index (χ2n) is 7.42. The number of carbonyl (C=O) groups excluding carboxylic acids is 1. The molecule has 8 nitrogen and oxygen atoms in total. The van der Waals surface area contributed by atoms with E-state index >= 15 is 0 Å². The average molecular weight is 418 g/mol. The highest BCUT2D eigenvalue weighted by molar-refractivity contribution is 5.94. The molecule has 1 saturated heterocycles. The number of likely N-dealkylation sites (tertiary alicyclic amines) is 1. The van der Waals surface area contributed by atoms with E-state index in [0.717, 1.165) is 18.7 Å². The number of carbonyl (C=O) groups is 1. The maximum absolute atomic E-state index is 12.7. The minimum atomic E-state index is -0.611. The molecule has 8 heteroatoms. The van der Waals surface area contributed by atoms with E-state index in [2.05, 4.69) is 10.2 Å². The summed E-state index contributed by atoms with van der Waals surface area (Å²) in [5.74, 6) is 1.72. The molecule has 1 amide bonds. The van der Waals surface area contributed by atoms with Crippen molar-refractivity contribution in [1.82, 2.24) is 10.2 Å². The molecule has 2 aromatic rings. The van der Waals surface area contributed by atoms with E-state index in [1.807, 2.05) is 6.07 Å². The number of aliphatic hydroxyl groups excluding tert-OH is 2. The molecule has 1 aliphatic rings. The topological polar surface area (TPSA) is 104 Å². The van der Waals surface area contributed by atoms with Crippen LogP contribution in [0.1, 0.15) is 34.7 Å². The van der Waals surface area contributed by atoms with E-state index in [0.29, 0.717) is 49.8 Å². The Hall–Kier alpha value is -2.39. The fourth-order valence-corrected chi connectivity index (χ4v) is 3.51. The predicted octanol–water partition coefficient (Wildman–Crippen LogP) is 1.55. The SMILES string of the molecule is COCCOc1ccc(C(=O)N[C@@H]2CN(Cc3ccc(CO)o3)CCC[C@H]2O)cc1. The van der Waals surface area contributed by atoms with Crippen molar-refractivity contribution >= 4 is 5.91 Å². The monoisotopic (exact) mass is 418 g/mol. The standard InChI is InChI=1S/C22H30N2O6/c1-28-11-12-29-17-6-4-16(5-7-17)22(27)23-20-14-24(10-2-3-21(20)26)13-18-8-9-19(15-25)30-18/h4-9,20-21,25-26H,2-3,10-15H2,1H3,(H,23,27)/t20-,21-/m1/s1. The Morgan fingerprint density at radius 3 is 2.67 bits per heavy atom. The maximum atomic E-state index is 12.7. The van der Waals surface area contributed by atoms with Gasteiger partial charge in [-0.2, -0.15) is 0 Å². The first kappa shape index (κ1) is 22.3. The number of rotatable bonds is 9. The van der Waals surface area contributed by atoms with Crippen LogP contribution in [0.2, 0.25) is 0 Å². The molecule has 0 saturated carbocycles. The second-order valence-corrected chi connectivity index (χ2v) is 7.42. The van der Waals surface area contributed by atoms with Crippen LogP contribution in [0.4, 0.5) is 0 Å². The van der Waals surface area contributed by atoms with Crippen LogP contribution in [0, 0.1) is 0 Å². The third-order valence-corrected chi connectivity index (χ3v) is 5.14. The summed E-state index contributed by atoms with van der Waals surface area (Å²) >= 11 is 0. The molecule has 3 rings (SSSR count). The molecule has 2 atom stereocenters. The number of aliphatic hydroxyl groups is 2. The Bertz CT molecular complexity index is 791. The van der Waals surface area contributed by atoms with Crippen molar-refractivity contribution in [2.24, 2.45) is 0 Å². The number of amides is 1. The zero-order valence-electron chi connectivity index (χ0n) is 17.3. The number of hydrogen-bond donors (Lipinski definition) is 3. The molecule has 30 heavy (non-hydrogen) atoms. The van der Waals surface area contributed by atoms with E-state index in [9.17, 15) is 9.90 Å². The highest BCUT2D eigenvalue weighted by atomic mass is 16.5. The van der Waals surface area contributed by atoms with Crippen molar-refractivity contribution < 1.29 is 28.9 Å². The molecule has 1 fully saturated rings. The lowest BCUT2D eigenvalue weighted by molar-refractivity contribution is 0.0794. The largest absolute Gasteiger partial charge is 0.491 e. The molecule has 0 spiro atoms. The summed E-state index contributed by atoms with van der Waals surface area (Å²) in [7, 11) is 1.61. The van der Waals surface area contributed by atoms with Crippen LogP contribution in [-0.2, 0) is 17.9 Å². The van der Waals surface area contributed by atoms with Gasteiger partial charge in [-0.1, -0.05) is 0 Å². The third-order valence-electron chi connectivity index (χ3n) is 5.14. The Morgan fingerprint density at radius 1 is 1.20 bits per heavy atom. The number of benzene rings is 1. The van der Waals surface area contributed by atoms with Crippen LogP contribution < -0.4 is 10.1 Å². The summed E-state index contributed by atoms with van der Waals surface area (Å²) in [6.07, 6.45) is 0.836. The summed E-state index contributed by atoms with van der Waals surface area (Å²) in [6, 6.07) is 10.1. The van der Waals surface area contributed by atoms with E-state index in [1.165, 1.54) is 0 Å². The van der Waals surface area contributed by atoms with Crippen molar-refractivity contribution in [3.63, 3.8) is 0 Å². The lowest BCUT2D eigenvalue weighted by Gasteiger charge is -2.26. The Morgan fingerprint density at radius 2 is 1.97 bits per heavy atom. The molecule has 0 unspecified atom stereocenters. The zero-order chi connectivity index (χ0) is 21.3. The lowest BCUT2D eigenvalue weighted by atomic mass is 10.1. The van der Waals surface area contributed by atoms with Gasteiger partial charge in [0, 0.05) is 19.2 Å². The van der Waals surface area contributed by atoms with Crippen LogP contribution in [0.3, 0.4) is 0 Å².